The largest absolute Gasteiger partial charge is 0.391 e. The molecule has 0 aliphatic rings. The van der Waals surface area contributed by atoms with Crippen LogP contribution in [0.4, 0.5) is 0 Å². The molecule has 10 heavy (non-hydrogen) atoms. The lowest BCUT2D eigenvalue weighted by molar-refractivity contribution is 0.208. The van der Waals surface area contributed by atoms with Gasteiger partial charge in [0.2, 0.25) is 0 Å². The van der Waals surface area contributed by atoms with E-state index in [1.165, 1.54) is 0 Å². The summed E-state index contributed by atoms with van der Waals surface area (Å²) in [6.07, 6.45) is -0.343. The minimum absolute atomic E-state index is 0.232. The Bertz CT molecular complexity index is 90.1. The molecular weight excluding hydrogens is 146 g/mol. The molecule has 0 aromatic rings. The van der Waals surface area contributed by atoms with E-state index in [1.54, 1.807) is 11.8 Å². The maximum atomic E-state index is 9.08. The van der Waals surface area contributed by atoms with Crippen molar-refractivity contribution in [3.63, 3.8) is 0 Å². The molecule has 0 bridgehead atoms. The highest BCUT2D eigenvalue weighted by Gasteiger charge is 2.12. The van der Waals surface area contributed by atoms with Gasteiger partial charge in [0.15, 0.2) is 0 Å². The van der Waals surface area contributed by atoms with Gasteiger partial charge in [-0.3, -0.25) is 0 Å². The minimum atomic E-state index is -0.343. The average Bonchev–Trinajstić information content (AvgIpc) is 1.81. The lowest BCUT2D eigenvalue weighted by Crippen LogP contribution is -2.24. The van der Waals surface area contributed by atoms with Gasteiger partial charge in [-0.1, -0.05) is 20.8 Å². The van der Waals surface area contributed by atoms with Crippen LogP contribution in [-0.2, 0) is 0 Å². The quantitative estimate of drug-likeness (QED) is 0.648. The topological polar surface area (TPSA) is 46.2 Å². The third-order valence-corrected chi connectivity index (χ3v) is 2.40. The second-order valence-corrected chi connectivity index (χ2v) is 5.16. The van der Waals surface area contributed by atoms with E-state index in [4.69, 9.17) is 10.8 Å². The molecule has 0 aliphatic carbocycles. The first kappa shape index (κ1) is 10.3. The fourth-order valence-electron chi connectivity index (χ4n) is 0.414. The van der Waals surface area contributed by atoms with E-state index in [9.17, 15) is 0 Å². The highest BCUT2D eigenvalue weighted by atomic mass is 32.2. The van der Waals surface area contributed by atoms with E-state index in [0.29, 0.717) is 6.54 Å². The van der Waals surface area contributed by atoms with Gasteiger partial charge >= 0.3 is 0 Å². The van der Waals surface area contributed by atoms with E-state index in [2.05, 4.69) is 20.8 Å². The van der Waals surface area contributed by atoms with Gasteiger partial charge in [-0.2, -0.15) is 11.8 Å². The molecule has 0 heterocycles. The Morgan fingerprint density at radius 3 is 2.30 bits per heavy atom. The summed E-state index contributed by atoms with van der Waals surface area (Å²) in [5.74, 6) is 0.736. The van der Waals surface area contributed by atoms with Crippen molar-refractivity contribution >= 4 is 11.8 Å². The van der Waals surface area contributed by atoms with Crippen molar-refractivity contribution in [2.75, 3.05) is 12.3 Å². The molecule has 0 aliphatic heterocycles. The fraction of sp³-hybridized carbons (Fsp3) is 1.00. The van der Waals surface area contributed by atoms with Gasteiger partial charge in [0.1, 0.15) is 0 Å². The minimum Gasteiger partial charge on any atom is -0.391 e. The summed E-state index contributed by atoms with van der Waals surface area (Å²) in [6.45, 7) is 6.74. The first-order valence-electron chi connectivity index (χ1n) is 3.48. The first-order chi connectivity index (χ1) is 4.45. The van der Waals surface area contributed by atoms with Crippen molar-refractivity contribution in [1.82, 2.24) is 0 Å². The zero-order valence-corrected chi connectivity index (χ0v) is 7.74. The van der Waals surface area contributed by atoms with Crippen molar-refractivity contribution in [2.45, 2.75) is 31.6 Å². The molecule has 2 nitrogen and oxygen atoms in total. The van der Waals surface area contributed by atoms with Crippen LogP contribution in [0.2, 0.25) is 0 Å². The van der Waals surface area contributed by atoms with Gasteiger partial charge in [-0.25, -0.2) is 0 Å². The molecule has 0 radical (unpaired) electrons. The molecule has 0 spiro atoms. The van der Waals surface area contributed by atoms with E-state index in [-0.39, 0.29) is 10.9 Å². The molecule has 0 aromatic heterocycles. The molecule has 0 saturated carbocycles. The Kier molecular flexibility index (Phi) is 4.32. The molecule has 62 valence electrons. The van der Waals surface area contributed by atoms with Gasteiger partial charge in [0.05, 0.1) is 6.10 Å². The predicted molar refractivity (Wildman–Crippen MR) is 47.3 cm³/mol. The second-order valence-electron chi connectivity index (χ2n) is 3.31. The second kappa shape index (κ2) is 4.21. The lowest BCUT2D eigenvalue weighted by atomic mass is 10.3. The smallest absolute Gasteiger partial charge is 0.0752 e. The normalized spacial score (nSPS) is 15.3. The van der Waals surface area contributed by atoms with Crippen molar-refractivity contribution in [2.24, 2.45) is 5.73 Å². The number of thioether (sulfide) groups is 1. The monoisotopic (exact) mass is 163 g/mol. The Balaban J connectivity index is 3.36. The summed E-state index contributed by atoms with van der Waals surface area (Å²) in [7, 11) is 0. The Labute approximate surface area is 67.2 Å². The molecule has 3 heteroatoms. The van der Waals surface area contributed by atoms with Gasteiger partial charge < -0.3 is 10.8 Å². The van der Waals surface area contributed by atoms with Gasteiger partial charge in [-0.15, -0.1) is 0 Å². The summed E-state index contributed by atoms with van der Waals surface area (Å²) in [5, 5.41) is 9.08. The van der Waals surface area contributed by atoms with Crippen LogP contribution in [0.25, 0.3) is 0 Å². The third-order valence-electron chi connectivity index (χ3n) is 0.981. The van der Waals surface area contributed by atoms with Crippen molar-refractivity contribution in [3.05, 3.63) is 0 Å². The number of rotatable bonds is 3. The summed E-state index contributed by atoms with van der Waals surface area (Å²) in [4.78, 5) is 0. The Morgan fingerprint density at radius 2 is 2.00 bits per heavy atom. The molecule has 0 saturated heterocycles. The molecule has 3 N–H and O–H groups in total. The number of hydrogen-bond acceptors (Lipinski definition) is 3. The van der Waals surface area contributed by atoms with Crippen LogP contribution in [0.3, 0.4) is 0 Å². The van der Waals surface area contributed by atoms with Crippen LogP contribution >= 0.6 is 11.8 Å². The van der Waals surface area contributed by atoms with E-state index < -0.39 is 0 Å². The van der Waals surface area contributed by atoms with E-state index in [1.807, 2.05) is 0 Å². The maximum absolute atomic E-state index is 9.08. The van der Waals surface area contributed by atoms with Crippen LogP contribution in [0.5, 0.6) is 0 Å². The summed E-state index contributed by atoms with van der Waals surface area (Å²) < 4.78 is 0.232. The third kappa shape index (κ3) is 6.39. The van der Waals surface area contributed by atoms with Crippen LogP contribution in [0.15, 0.2) is 0 Å². The average molecular weight is 163 g/mol. The molecular formula is C7H17NOS. The molecule has 0 fully saturated rings. The first-order valence-corrected chi connectivity index (χ1v) is 4.46. The van der Waals surface area contributed by atoms with Crippen LogP contribution in [0.1, 0.15) is 20.8 Å². The summed E-state index contributed by atoms with van der Waals surface area (Å²) in [5.41, 5.74) is 5.24. The zero-order valence-electron chi connectivity index (χ0n) is 6.92. The van der Waals surface area contributed by atoms with E-state index in [0.717, 1.165) is 5.75 Å². The van der Waals surface area contributed by atoms with Crippen molar-refractivity contribution < 1.29 is 5.11 Å². The maximum Gasteiger partial charge on any atom is 0.0752 e. The van der Waals surface area contributed by atoms with Crippen LogP contribution in [-0.4, -0.2) is 28.3 Å². The number of hydrogen-bond donors (Lipinski definition) is 2. The van der Waals surface area contributed by atoms with Gasteiger partial charge in [-0.05, 0) is 0 Å². The molecule has 1 atom stereocenters. The molecule has 0 rings (SSSR count). The van der Waals surface area contributed by atoms with Crippen LogP contribution < -0.4 is 5.73 Å². The Hall–Kier alpha value is 0.270. The number of aliphatic hydroxyl groups is 1. The van der Waals surface area contributed by atoms with Crippen molar-refractivity contribution in [1.29, 1.82) is 0 Å². The highest BCUT2D eigenvalue weighted by molar-refractivity contribution is 8.00. The standard InChI is InChI=1S/C7H17NOS/c1-7(2,3)10-5-6(9)4-8/h6,9H,4-5,8H2,1-3H3. The molecule has 1 unspecified atom stereocenters. The van der Waals surface area contributed by atoms with Gasteiger partial charge in [0.25, 0.3) is 0 Å². The lowest BCUT2D eigenvalue weighted by Gasteiger charge is -2.19. The van der Waals surface area contributed by atoms with Gasteiger partial charge in [0, 0.05) is 17.0 Å². The predicted octanol–water partition coefficient (Wildman–Crippen LogP) is 0.838. The molecule has 0 aromatic carbocycles. The number of aliphatic hydroxyl groups excluding tert-OH is 1. The van der Waals surface area contributed by atoms with Crippen molar-refractivity contribution in [3.8, 4) is 0 Å². The highest BCUT2D eigenvalue weighted by Crippen LogP contribution is 2.23. The zero-order chi connectivity index (χ0) is 8.20. The van der Waals surface area contributed by atoms with E-state index >= 15 is 0 Å². The SMILES string of the molecule is CC(C)(C)SCC(O)CN. The van der Waals surface area contributed by atoms with Crippen LogP contribution in [0, 0.1) is 0 Å². The summed E-state index contributed by atoms with van der Waals surface area (Å²) in [6, 6.07) is 0. The fourth-order valence-corrected chi connectivity index (χ4v) is 1.24. The summed E-state index contributed by atoms with van der Waals surface area (Å²) >= 11 is 1.74. The Morgan fingerprint density at radius 1 is 1.50 bits per heavy atom. The molecule has 0 amide bonds. The number of nitrogens with two attached hydrogens (primary N) is 1.